The first-order valence-corrected chi connectivity index (χ1v) is 7.58. The first-order valence-electron chi connectivity index (χ1n) is 6.17. The summed E-state index contributed by atoms with van der Waals surface area (Å²) < 4.78 is 64.7. The van der Waals surface area contributed by atoms with Gasteiger partial charge in [-0.2, -0.15) is 13.2 Å². The van der Waals surface area contributed by atoms with E-state index in [1.54, 1.807) is 0 Å². The summed E-state index contributed by atoms with van der Waals surface area (Å²) >= 11 is 0. The maximum Gasteiger partial charge on any atom is 0.485 e. The second-order valence-corrected chi connectivity index (χ2v) is 6.54. The summed E-state index contributed by atoms with van der Waals surface area (Å²) in [6.07, 6.45) is 5.03. The minimum absolute atomic E-state index is 0.641. The number of hydrogen-bond donors (Lipinski definition) is 1. The quantitative estimate of drug-likeness (QED) is 0.496. The topological polar surface area (TPSA) is 83.0 Å². The molecule has 0 aromatic rings. The third-order valence-electron chi connectivity index (χ3n) is 4.05. The highest BCUT2D eigenvalue weighted by Gasteiger charge is 2.51. The molecule has 1 aliphatic heterocycles. The van der Waals surface area contributed by atoms with Crippen molar-refractivity contribution in [2.75, 3.05) is 13.2 Å². The fourth-order valence-corrected chi connectivity index (χ4v) is 3.32. The van der Waals surface area contributed by atoms with Gasteiger partial charge < -0.3 is 14.6 Å². The van der Waals surface area contributed by atoms with Gasteiger partial charge in [-0.3, -0.25) is 0 Å². The molecule has 1 saturated heterocycles. The second-order valence-electron chi connectivity index (χ2n) is 5.17. The Bertz CT molecular complexity index is 407. The molecule has 0 radical (unpaired) electrons. The molecule has 3 fully saturated rings. The van der Waals surface area contributed by atoms with Gasteiger partial charge in [-0.25, -0.2) is 8.42 Å². The Morgan fingerprint density at radius 3 is 2.32 bits per heavy atom. The van der Waals surface area contributed by atoms with Crippen molar-refractivity contribution in [2.45, 2.75) is 36.9 Å². The van der Waals surface area contributed by atoms with Gasteiger partial charge in [0.05, 0.1) is 13.2 Å². The molecule has 3 rings (SSSR count). The van der Waals surface area contributed by atoms with Crippen molar-refractivity contribution in [2.24, 2.45) is 11.8 Å². The highest BCUT2D eigenvalue weighted by Crippen LogP contribution is 2.45. The van der Waals surface area contributed by atoms with E-state index in [2.05, 4.69) is 5.32 Å². The van der Waals surface area contributed by atoms with Gasteiger partial charge in [-0.1, -0.05) is 0 Å². The lowest BCUT2D eigenvalue weighted by Gasteiger charge is -2.32. The van der Waals surface area contributed by atoms with Crippen molar-refractivity contribution in [3.8, 4) is 0 Å². The second kappa shape index (κ2) is 5.19. The molecule has 2 bridgehead atoms. The minimum atomic E-state index is -6.09. The Labute approximate surface area is 109 Å². The summed E-state index contributed by atoms with van der Waals surface area (Å²) in [5, 5.41) is 2.53. The molecule has 19 heavy (non-hydrogen) atoms. The van der Waals surface area contributed by atoms with Crippen LogP contribution in [0.1, 0.15) is 19.3 Å². The standard InChI is InChI=1S/C9H15NO.CHF3O3S/c1-2-7-5-6(1)8-9(7)11-4-3-10-8;2-1(3,4)8(5,6)7/h6-10H,1-5H2;(H,5,6,7)/t6-,7+,8-,9+;/m1./s1. The Hall–Kier alpha value is -0.380. The van der Waals surface area contributed by atoms with E-state index >= 15 is 0 Å². The van der Waals surface area contributed by atoms with Crippen LogP contribution < -0.4 is 5.32 Å². The summed E-state index contributed by atoms with van der Waals surface area (Å²) in [7, 11) is -6.09. The molecule has 3 aliphatic rings. The zero-order chi connectivity index (χ0) is 14.3. The number of quaternary nitrogens is 1. The maximum absolute atomic E-state index is 10.7. The Morgan fingerprint density at radius 1 is 1.21 bits per heavy atom. The molecule has 1 heterocycles. The maximum atomic E-state index is 10.7. The molecule has 0 spiro atoms. The number of alkyl halides is 3. The van der Waals surface area contributed by atoms with E-state index in [4.69, 9.17) is 17.7 Å². The molecule has 112 valence electrons. The Kier molecular flexibility index (Phi) is 4.10. The van der Waals surface area contributed by atoms with Gasteiger partial charge in [-0.05, 0) is 25.2 Å². The van der Waals surface area contributed by atoms with E-state index < -0.39 is 15.6 Å². The van der Waals surface area contributed by atoms with E-state index in [9.17, 15) is 13.2 Å². The molecule has 2 N–H and O–H groups in total. The summed E-state index contributed by atoms with van der Waals surface area (Å²) in [5.41, 5.74) is -5.65. The molecule has 0 amide bonds. The molecule has 2 aliphatic carbocycles. The molecule has 2 saturated carbocycles. The molecule has 0 aromatic carbocycles. The molecular weight excluding hydrogens is 287 g/mol. The minimum Gasteiger partial charge on any atom is -0.741 e. The van der Waals surface area contributed by atoms with Gasteiger partial charge in [0.25, 0.3) is 0 Å². The lowest BCUT2D eigenvalue weighted by Crippen LogP contribution is -2.96. The predicted molar refractivity (Wildman–Crippen MR) is 56.9 cm³/mol. The van der Waals surface area contributed by atoms with Crippen molar-refractivity contribution < 1.29 is 36.2 Å². The van der Waals surface area contributed by atoms with Crippen molar-refractivity contribution in [1.82, 2.24) is 0 Å². The average Bonchev–Trinajstić information content (AvgIpc) is 2.88. The van der Waals surface area contributed by atoms with Gasteiger partial charge in [0.15, 0.2) is 10.1 Å². The highest BCUT2D eigenvalue weighted by atomic mass is 32.2. The van der Waals surface area contributed by atoms with Crippen LogP contribution in [-0.2, 0) is 14.9 Å². The number of halogens is 3. The predicted octanol–water partition coefficient (Wildman–Crippen LogP) is -0.201. The van der Waals surface area contributed by atoms with Crippen molar-refractivity contribution in [1.29, 1.82) is 0 Å². The fourth-order valence-electron chi connectivity index (χ4n) is 3.32. The third-order valence-corrected chi connectivity index (χ3v) is 4.62. The Morgan fingerprint density at radius 2 is 1.79 bits per heavy atom. The summed E-state index contributed by atoms with van der Waals surface area (Å²) in [5.74, 6) is 1.94. The normalized spacial score (nSPS) is 37.5. The van der Waals surface area contributed by atoms with E-state index in [-0.39, 0.29) is 0 Å². The molecule has 9 heteroatoms. The zero-order valence-corrected chi connectivity index (χ0v) is 10.9. The molecule has 4 atom stereocenters. The van der Waals surface area contributed by atoms with Crippen LogP contribution in [0.4, 0.5) is 13.2 Å². The Balaban J connectivity index is 0.000000151. The highest BCUT2D eigenvalue weighted by molar-refractivity contribution is 7.86. The number of hydrogen-bond acceptors (Lipinski definition) is 4. The van der Waals surface area contributed by atoms with Crippen LogP contribution in [0.2, 0.25) is 0 Å². The zero-order valence-electron chi connectivity index (χ0n) is 10.1. The van der Waals surface area contributed by atoms with Crippen LogP contribution in [0.3, 0.4) is 0 Å². The van der Waals surface area contributed by atoms with Crippen LogP contribution in [0.5, 0.6) is 0 Å². The van der Waals surface area contributed by atoms with Crippen LogP contribution in [0.25, 0.3) is 0 Å². The van der Waals surface area contributed by atoms with E-state index in [1.807, 2.05) is 0 Å². The van der Waals surface area contributed by atoms with Gasteiger partial charge in [0.2, 0.25) is 0 Å². The van der Waals surface area contributed by atoms with Gasteiger partial charge >= 0.3 is 5.51 Å². The number of morpholine rings is 1. The molecule has 0 aromatic heterocycles. The fraction of sp³-hybridized carbons (Fsp3) is 1.00. The van der Waals surface area contributed by atoms with Crippen LogP contribution in [0.15, 0.2) is 0 Å². The van der Waals surface area contributed by atoms with E-state index in [0.29, 0.717) is 6.10 Å². The van der Waals surface area contributed by atoms with Crippen molar-refractivity contribution >= 4 is 10.1 Å². The largest absolute Gasteiger partial charge is 0.741 e. The number of fused-ring (bicyclic) bond motifs is 5. The van der Waals surface area contributed by atoms with Gasteiger partial charge in [-0.15, -0.1) is 0 Å². The van der Waals surface area contributed by atoms with E-state index in [1.165, 1.54) is 25.8 Å². The number of nitrogens with two attached hydrogens (primary N) is 1. The first kappa shape index (κ1) is 15.0. The van der Waals surface area contributed by atoms with Crippen molar-refractivity contribution in [3.63, 3.8) is 0 Å². The van der Waals surface area contributed by atoms with Gasteiger partial charge in [0.1, 0.15) is 12.1 Å². The van der Waals surface area contributed by atoms with Crippen LogP contribution in [-0.4, -0.2) is 43.8 Å². The van der Waals surface area contributed by atoms with Crippen molar-refractivity contribution in [3.05, 3.63) is 0 Å². The lowest BCUT2D eigenvalue weighted by atomic mass is 9.92. The van der Waals surface area contributed by atoms with Crippen LogP contribution in [0, 0.1) is 11.8 Å². The van der Waals surface area contributed by atoms with E-state index in [0.717, 1.165) is 24.5 Å². The number of ether oxygens (including phenoxy) is 1. The summed E-state index contributed by atoms with van der Waals surface area (Å²) in [6.45, 7) is 2.19. The molecule has 5 nitrogen and oxygen atoms in total. The first-order chi connectivity index (χ1) is 8.70. The summed E-state index contributed by atoms with van der Waals surface area (Å²) in [6, 6.07) is 0.850. The smallest absolute Gasteiger partial charge is 0.485 e. The lowest BCUT2D eigenvalue weighted by molar-refractivity contribution is -0.717. The van der Waals surface area contributed by atoms with Gasteiger partial charge in [0, 0.05) is 5.92 Å². The third kappa shape index (κ3) is 3.21. The average molecular weight is 303 g/mol. The SMILES string of the molecule is C1CO[C@H]2[C@H]3CC[C@H](C3)[C@H]2[NH2+]1.O=S(=O)([O-])C(F)(F)F. The monoisotopic (exact) mass is 303 g/mol. The van der Waals surface area contributed by atoms with Crippen LogP contribution >= 0.6 is 0 Å². The molecular formula is C10H16F3NO4S. The number of rotatable bonds is 0. The summed E-state index contributed by atoms with van der Waals surface area (Å²) in [4.78, 5) is 0. The molecule has 0 unspecified atom stereocenters.